The minimum atomic E-state index is 0.642. The van der Waals surface area contributed by atoms with E-state index >= 15 is 0 Å². The maximum atomic E-state index is 5.40. The molecule has 1 aromatic heterocycles. The van der Waals surface area contributed by atoms with Crippen LogP contribution >= 0.6 is 15.9 Å². The highest BCUT2D eigenvalue weighted by molar-refractivity contribution is 9.09. The summed E-state index contributed by atoms with van der Waals surface area (Å²) in [7, 11) is 0. The second-order valence-electron chi connectivity index (χ2n) is 4.23. The first-order valence-corrected chi connectivity index (χ1v) is 7.21. The molecule has 4 nitrogen and oxygen atoms in total. The number of ether oxygens (including phenoxy) is 1. The van der Waals surface area contributed by atoms with Crippen molar-refractivity contribution in [3.05, 3.63) is 12.4 Å². The molecular formula is C12H18BrN3O. The standard InChI is InChI=1S/C12H18BrN3O/c1-2-17-12-7-11(14-9-15-12)16-6-4-10(8-16)3-5-13/h7,9-10H,2-6,8H2,1H3. The van der Waals surface area contributed by atoms with Gasteiger partial charge in [-0.1, -0.05) is 15.9 Å². The Bertz CT molecular complexity index is 361. The van der Waals surface area contributed by atoms with Crippen LogP contribution in [-0.4, -0.2) is 35.0 Å². The van der Waals surface area contributed by atoms with Crippen molar-refractivity contribution >= 4 is 21.7 Å². The number of aromatic nitrogens is 2. The van der Waals surface area contributed by atoms with Gasteiger partial charge in [-0.3, -0.25) is 0 Å². The summed E-state index contributed by atoms with van der Waals surface area (Å²) in [4.78, 5) is 10.7. The zero-order valence-corrected chi connectivity index (χ0v) is 11.7. The van der Waals surface area contributed by atoms with Crippen molar-refractivity contribution in [1.82, 2.24) is 9.97 Å². The third-order valence-electron chi connectivity index (χ3n) is 3.05. The van der Waals surface area contributed by atoms with E-state index in [1.165, 1.54) is 12.8 Å². The van der Waals surface area contributed by atoms with Crippen LogP contribution in [-0.2, 0) is 0 Å². The summed E-state index contributed by atoms with van der Waals surface area (Å²) in [5.41, 5.74) is 0. The van der Waals surface area contributed by atoms with Gasteiger partial charge in [-0.2, -0.15) is 0 Å². The lowest BCUT2D eigenvalue weighted by Crippen LogP contribution is -2.21. The Morgan fingerprint density at radius 2 is 2.41 bits per heavy atom. The second kappa shape index (κ2) is 6.19. The number of alkyl halides is 1. The van der Waals surface area contributed by atoms with E-state index in [2.05, 4.69) is 30.8 Å². The number of rotatable bonds is 5. The third kappa shape index (κ3) is 3.31. The molecule has 1 unspecified atom stereocenters. The second-order valence-corrected chi connectivity index (χ2v) is 5.02. The Hall–Kier alpha value is -0.840. The van der Waals surface area contributed by atoms with Gasteiger partial charge < -0.3 is 9.64 Å². The van der Waals surface area contributed by atoms with Gasteiger partial charge in [0, 0.05) is 24.5 Å². The molecule has 1 aliphatic rings. The largest absolute Gasteiger partial charge is 0.478 e. The molecule has 1 saturated heterocycles. The fourth-order valence-corrected chi connectivity index (χ4v) is 2.81. The summed E-state index contributed by atoms with van der Waals surface area (Å²) >= 11 is 3.50. The van der Waals surface area contributed by atoms with Crippen LogP contribution in [0.4, 0.5) is 5.82 Å². The molecule has 0 aliphatic carbocycles. The highest BCUT2D eigenvalue weighted by atomic mass is 79.9. The lowest BCUT2D eigenvalue weighted by molar-refractivity contribution is 0.326. The molecule has 5 heteroatoms. The molecule has 0 radical (unpaired) electrons. The van der Waals surface area contributed by atoms with E-state index in [1.807, 2.05) is 13.0 Å². The quantitative estimate of drug-likeness (QED) is 0.783. The SMILES string of the molecule is CCOc1cc(N2CCC(CCBr)C2)ncn1. The molecule has 1 fully saturated rings. The van der Waals surface area contributed by atoms with Crippen molar-refractivity contribution in [2.45, 2.75) is 19.8 Å². The summed E-state index contributed by atoms with van der Waals surface area (Å²) in [6.45, 7) is 4.78. The third-order valence-corrected chi connectivity index (χ3v) is 3.50. The minimum absolute atomic E-state index is 0.642. The zero-order valence-electron chi connectivity index (χ0n) is 10.1. The van der Waals surface area contributed by atoms with E-state index in [1.54, 1.807) is 6.33 Å². The molecule has 0 N–H and O–H groups in total. The Kier molecular flexibility index (Phi) is 4.59. The summed E-state index contributed by atoms with van der Waals surface area (Å²) in [5.74, 6) is 2.43. The lowest BCUT2D eigenvalue weighted by atomic mass is 10.1. The van der Waals surface area contributed by atoms with Gasteiger partial charge in [0.05, 0.1) is 6.61 Å². The molecule has 1 aliphatic heterocycles. The van der Waals surface area contributed by atoms with Crippen LogP contribution in [0.2, 0.25) is 0 Å². The molecule has 1 atom stereocenters. The van der Waals surface area contributed by atoms with Gasteiger partial charge in [-0.05, 0) is 25.7 Å². The molecule has 0 spiro atoms. The summed E-state index contributed by atoms with van der Waals surface area (Å²) in [6, 6.07) is 1.93. The maximum absolute atomic E-state index is 5.40. The van der Waals surface area contributed by atoms with Gasteiger partial charge >= 0.3 is 0 Å². The fraction of sp³-hybridized carbons (Fsp3) is 0.667. The topological polar surface area (TPSA) is 38.2 Å². The molecular weight excluding hydrogens is 282 g/mol. The maximum Gasteiger partial charge on any atom is 0.218 e. The Morgan fingerprint density at radius 1 is 1.53 bits per heavy atom. The van der Waals surface area contributed by atoms with Gasteiger partial charge in [0.25, 0.3) is 0 Å². The van der Waals surface area contributed by atoms with Gasteiger partial charge in [-0.25, -0.2) is 9.97 Å². The molecule has 0 bridgehead atoms. The smallest absolute Gasteiger partial charge is 0.218 e. The predicted molar refractivity (Wildman–Crippen MR) is 71.9 cm³/mol. The van der Waals surface area contributed by atoms with Crippen molar-refractivity contribution in [1.29, 1.82) is 0 Å². The Balaban J connectivity index is 2.00. The highest BCUT2D eigenvalue weighted by Crippen LogP contribution is 2.25. The van der Waals surface area contributed by atoms with Crippen molar-refractivity contribution in [2.24, 2.45) is 5.92 Å². The van der Waals surface area contributed by atoms with Gasteiger partial charge in [0.1, 0.15) is 12.1 Å². The number of halogens is 1. The molecule has 1 aromatic rings. The predicted octanol–water partition coefficient (Wildman–Crippen LogP) is 2.49. The first kappa shape index (κ1) is 12.6. The first-order valence-electron chi connectivity index (χ1n) is 6.09. The van der Waals surface area contributed by atoms with Crippen LogP contribution in [0.3, 0.4) is 0 Å². The summed E-state index contributed by atoms with van der Waals surface area (Å²) in [5, 5.41) is 1.08. The van der Waals surface area contributed by atoms with Crippen molar-refractivity contribution in [3.8, 4) is 5.88 Å². The monoisotopic (exact) mass is 299 g/mol. The average molecular weight is 300 g/mol. The van der Waals surface area contributed by atoms with E-state index in [0.29, 0.717) is 12.5 Å². The van der Waals surface area contributed by atoms with Crippen molar-refractivity contribution < 1.29 is 4.74 Å². The van der Waals surface area contributed by atoms with E-state index in [4.69, 9.17) is 4.74 Å². The van der Waals surface area contributed by atoms with Crippen molar-refractivity contribution in [3.63, 3.8) is 0 Å². The molecule has 0 aromatic carbocycles. The van der Waals surface area contributed by atoms with Gasteiger partial charge in [0.15, 0.2) is 0 Å². The molecule has 17 heavy (non-hydrogen) atoms. The van der Waals surface area contributed by atoms with E-state index in [-0.39, 0.29) is 0 Å². The van der Waals surface area contributed by atoms with E-state index in [0.717, 1.165) is 30.2 Å². The molecule has 2 heterocycles. The Labute approximate surface area is 111 Å². The molecule has 2 rings (SSSR count). The molecule has 0 saturated carbocycles. The van der Waals surface area contributed by atoms with Crippen molar-refractivity contribution in [2.75, 3.05) is 29.9 Å². The van der Waals surface area contributed by atoms with Crippen LogP contribution in [0.1, 0.15) is 19.8 Å². The van der Waals surface area contributed by atoms with Crippen LogP contribution < -0.4 is 9.64 Å². The average Bonchev–Trinajstić information content (AvgIpc) is 2.79. The van der Waals surface area contributed by atoms with E-state index < -0.39 is 0 Å². The zero-order chi connectivity index (χ0) is 12.1. The van der Waals surface area contributed by atoms with Gasteiger partial charge in [-0.15, -0.1) is 0 Å². The van der Waals surface area contributed by atoms with E-state index in [9.17, 15) is 0 Å². The van der Waals surface area contributed by atoms with Crippen LogP contribution in [0.25, 0.3) is 0 Å². The van der Waals surface area contributed by atoms with Crippen LogP contribution in [0, 0.1) is 5.92 Å². The summed E-state index contributed by atoms with van der Waals surface area (Å²) < 4.78 is 5.40. The molecule has 0 amide bonds. The van der Waals surface area contributed by atoms with Gasteiger partial charge in [0.2, 0.25) is 5.88 Å². The number of nitrogens with zero attached hydrogens (tertiary/aromatic N) is 3. The van der Waals surface area contributed by atoms with Crippen LogP contribution in [0.5, 0.6) is 5.88 Å². The number of anilines is 1. The van der Waals surface area contributed by atoms with Crippen LogP contribution in [0.15, 0.2) is 12.4 Å². The minimum Gasteiger partial charge on any atom is -0.478 e. The number of hydrogen-bond donors (Lipinski definition) is 0. The first-order chi connectivity index (χ1) is 8.33. The normalized spacial score (nSPS) is 19.6. The highest BCUT2D eigenvalue weighted by Gasteiger charge is 2.23. The Morgan fingerprint density at radius 3 is 3.18 bits per heavy atom. The fourth-order valence-electron chi connectivity index (χ4n) is 2.16. The summed E-state index contributed by atoms with van der Waals surface area (Å²) in [6.07, 6.45) is 4.07. The lowest BCUT2D eigenvalue weighted by Gasteiger charge is -2.17. The molecule has 94 valence electrons. The number of hydrogen-bond acceptors (Lipinski definition) is 4.